The number of carboxylic acids is 1. The third-order valence-corrected chi connectivity index (χ3v) is 4.77. The van der Waals surface area contributed by atoms with Crippen LogP contribution in [0.1, 0.15) is 10.4 Å². The van der Waals surface area contributed by atoms with Crippen LogP contribution in [0, 0.1) is 0 Å². The van der Waals surface area contributed by atoms with Crippen LogP contribution in [0.4, 0.5) is 0 Å². The fourth-order valence-corrected chi connectivity index (χ4v) is 3.65. The lowest BCUT2D eigenvalue weighted by atomic mass is 10.1. The number of aromatic carboxylic acids is 1. The van der Waals surface area contributed by atoms with Crippen molar-refractivity contribution in [2.45, 2.75) is 9.79 Å². The van der Waals surface area contributed by atoms with Gasteiger partial charge in [-0.15, -0.1) is 0 Å². The van der Waals surface area contributed by atoms with Crippen molar-refractivity contribution in [2.75, 3.05) is 0 Å². The first-order chi connectivity index (χ1) is 10.2. The van der Waals surface area contributed by atoms with E-state index in [-0.39, 0.29) is 10.5 Å². The van der Waals surface area contributed by atoms with Crippen LogP contribution < -0.4 is 5.11 Å². The molecule has 0 N–H and O–H groups in total. The van der Waals surface area contributed by atoms with Gasteiger partial charge >= 0.3 is 0 Å². The summed E-state index contributed by atoms with van der Waals surface area (Å²) in [4.78, 5) is 12.0. The number of carboxylic acid groups (broad SMARTS) is 1. The van der Waals surface area contributed by atoms with E-state index in [1.807, 2.05) is 36.4 Å². The second-order valence-electron chi connectivity index (χ2n) is 4.53. The van der Waals surface area contributed by atoms with Crippen molar-refractivity contribution in [3.05, 3.63) is 72.3 Å². The topological polar surface area (TPSA) is 57.2 Å². The van der Waals surface area contributed by atoms with Gasteiger partial charge in [-0.25, -0.2) is 4.21 Å². The van der Waals surface area contributed by atoms with Gasteiger partial charge in [-0.2, -0.15) is 0 Å². The first-order valence-corrected chi connectivity index (χ1v) is 7.53. The van der Waals surface area contributed by atoms with E-state index in [0.717, 1.165) is 10.8 Å². The molecule has 0 aliphatic heterocycles. The Morgan fingerprint density at radius 2 is 1.43 bits per heavy atom. The minimum Gasteiger partial charge on any atom is -0.545 e. The molecule has 0 aliphatic carbocycles. The maximum Gasteiger partial charge on any atom is 0.0862 e. The first-order valence-electron chi connectivity index (χ1n) is 6.38. The van der Waals surface area contributed by atoms with Crippen molar-refractivity contribution in [1.29, 1.82) is 0 Å². The van der Waals surface area contributed by atoms with Crippen molar-refractivity contribution in [1.82, 2.24) is 0 Å². The molecule has 104 valence electrons. The normalized spacial score (nSPS) is 12.2. The summed E-state index contributed by atoms with van der Waals surface area (Å²) in [5.41, 5.74) is -0.0382. The van der Waals surface area contributed by atoms with Crippen molar-refractivity contribution in [2.24, 2.45) is 0 Å². The number of fused-ring (bicyclic) bond motifs is 1. The molecular formula is C17H11O3S-. The van der Waals surface area contributed by atoms with Crippen molar-refractivity contribution in [3.63, 3.8) is 0 Å². The van der Waals surface area contributed by atoms with Gasteiger partial charge < -0.3 is 9.90 Å². The summed E-state index contributed by atoms with van der Waals surface area (Å²) in [5.74, 6) is -1.32. The number of carbonyl (C=O) groups is 1. The van der Waals surface area contributed by atoms with Gasteiger partial charge in [0.15, 0.2) is 0 Å². The molecule has 0 saturated heterocycles. The summed E-state index contributed by atoms with van der Waals surface area (Å²) < 4.78 is 12.8. The average Bonchev–Trinajstić information content (AvgIpc) is 2.53. The van der Waals surface area contributed by atoms with Crippen molar-refractivity contribution in [3.8, 4) is 0 Å². The van der Waals surface area contributed by atoms with Gasteiger partial charge in [0.2, 0.25) is 0 Å². The SMILES string of the molecule is O=C([O-])c1ccccc1[S@](=O)c1cccc2ccccc12. The van der Waals surface area contributed by atoms with E-state index in [9.17, 15) is 14.1 Å². The molecule has 0 fully saturated rings. The van der Waals surface area contributed by atoms with Crippen LogP contribution >= 0.6 is 0 Å². The molecule has 0 radical (unpaired) electrons. The summed E-state index contributed by atoms with van der Waals surface area (Å²) in [5, 5.41) is 13.0. The molecule has 0 aliphatic rings. The Bertz CT molecular complexity index is 850. The number of hydrogen-bond donors (Lipinski definition) is 0. The van der Waals surface area contributed by atoms with E-state index < -0.39 is 16.8 Å². The number of benzene rings is 3. The van der Waals surface area contributed by atoms with Crippen LogP contribution in [-0.4, -0.2) is 10.2 Å². The van der Waals surface area contributed by atoms with Crippen molar-refractivity contribution < 1.29 is 14.1 Å². The van der Waals surface area contributed by atoms with E-state index in [4.69, 9.17) is 0 Å². The molecule has 0 heterocycles. The number of carbonyl (C=O) groups excluding carboxylic acids is 1. The molecule has 0 spiro atoms. The highest BCUT2D eigenvalue weighted by Gasteiger charge is 2.14. The van der Waals surface area contributed by atoms with Gasteiger partial charge in [0.25, 0.3) is 0 Å². The monoisotopic (exact) mass is 295 g/mol. The average molecular weight is 295 g/mol. The van der Waals surface area contributed by atoms with Crippen LogP contribution in [0.5, 0.6) is 0 Å². The second-order valence-corrected chi connectivity index (χ2v) is 5.95. The lowest BCUT2D eigenvalue weighted by Crippen LogP contribution is -2.23. The highest BCUT2D eigenvalue weighted by Crippen LogP contribution is 2.26. The van der Waals surface area contributed by atoms with Crippen LogP contribution in [0.3, 0.4) is 0 Å². The maximum atomic E-state index is 12.8. The highest BCUT2D eigenvalue weighted by atomic mass is 32.2. The van der Waals surface area contributed by atoms with Crippen LogP contribution in [0.2, 0.25) is 0 Å². The predicted molar refractivity (Wildman–Crippen MR) is 79.4 cm³/mol. The van der Waals surface area contributed by atoms with E-state index in [1.54, 1.807) is 24.3 Å². The lowest BCUT2D eigenvalue weighted by molar-refractivity contribution is -0.255. The summed E-state index contributed by atoms with van der Waals surface area (Å²) >= 11 is 0. The summed E-state index contributed by atoms with van der Waals surface area (Å²) in [6.07, 6.45) is 0. The zero-order chi connectivity index (χ0) is 14.8. The Hall–Kier alpha value is -2.46. The van der Waals surface area contributed by atoms with Crippen LogP contribution in [-0.2, 0) is 10.8 Å². The molecule has 0 aromatic heterocycles. The highest BCUT2D eigenvalue weighted by molar-refractivity contribution is 7.85. The third kappa shape index (κ3) is 2.45. The smallest absolute Gasteiger partial charge is 0.0862 e. The molecule has 3 aromatic carbocycles. The lowest BCUT2D eigenvalue weighted by Gasteiger charge is -2.11. The van der Waals surface area contributed by atoms with E-state index in [1.165, 1.54) is 6.07 Å². The largest absolute Gasteiger partial charge is 0.545 e. The van der Waals surface area contributed by atoms with E-state index in [0.29, 0.717) is 4.90 Å². The molecular weight excluding hydrogens is 284 g/mol. The van der Waals surface area contributed by atoms with Gasteiger partial charge in [-0.3, -0.25) is 0 Å². The fraction of sp³-hybridized carbons (Fsp3) is 0. The minimum atomic E-state index is -1.57. The quantitative estimate of drug-likeness (QED) is 0.745. The Balaban J connectivity index is 2.20. The van der Waals surface area contributed by atoms with E-state index in [2.05, 4.69) is 0 Å². The fourth-order valence-electron chi connectivity index (χ4n) is 2.27. The number of rotatable bonds is 3. The Morgan fingerprint density at radius 3 is 2.24 bits per heavy atom. The molecule has 4 heteroatoms. The summed E-state index contributed by atoms with van der Waals surface area (Å²) in [6.45, 7) is 0. The Kier molecular flexibility index (Phi) is 3.54. The Morgan fingerprint density at radius 1 is 0.810 bits per heavy atom. The molecule has 1 atom stereocenters. The minimum absolute atomic E-state index is 0.0382. The molecule has 21 heavy (non-hydrogen) atoms. The van der Waals surface area contributed by atoms with Crippen LogP contribution in [0.25, 0.3) is 10.8 Å². The van der Waals surface area contributed by atoms with Gasteiger partial charge in [0.1, 0.15) is 0 Å². The maximum absolute atomic E-state index is 12.8. The standard InChI is InChI=1S/C17H12O3S/c18-17(19)14-9-3-4-10-16(14)21(20)15-11-5-7-12-6-1-2-8-13(12)15/h1-11H,(H,18,19)/p-1/t21-/m1/s1. The molecule has 0 unspecified atom stereocenters. The third-order valence-electron chi connectivity index (χ3n) is 3.26. The second kappa shape index (κ2) is 5.50. The predicted octanol–water partition coefficient (Wildman–Crippen LogP) is 2.37. The molecule has 3 rings (SSSR count). The molecule has 3 aromatic rings. The molecule has 3 nitrogen and oxygen atoms in total. The Labute approximate surface area is 124 Å². The van der Waals surface area contributed by atoms with Crippen LogP contribution in [0.15, 0.2) is 76.5 Å². The van der Waals surface area contributed by atoms with Crippen molar-refractivity contribution >= 4 is 27.5 Å². The van der Waals surface area contributed by atoms with E-state index >= 15 is 0 Å². The summed E-state index contributed by atoms with van der Waals surface area (Å²) in [7, 11) is -1.57. The van der Waals surface area contributed by atoms with Gasteiger partial charge in [0.05, 0.1) is 26.6 Å². The molecule has 0 amide bonds. The first kappa shape index (κ1) is 13.5. The van der Waals surface area contributed by atoms with Gasteiger partial charge in [-0.1, -0.05) is 54.6 Å². The zero-order valence-corrected chi connectivity index (χ0v) is 11.8. The molecule has 0 saturated carbocycles. The molecule has 0 bridgehead atoms. The zero-order valence-electron chi connectivity index (χ0n) is 11.0. The number of hydrogen-bond acceptors (Lipinski definition) is 3. The van der Waals surface area contributed by atoms with Gasteiger partial charge in [0, 0.05) is 5.56 Å². The van der Waals surface area contributed by atoms with Gasteiger partial charge in [-0.05, 0) is 22.9 Å². The summed E-state index contributed by atoms with van der Waals surface area (Å²) in [6, 6.07) is 19.3.